The van der Waals surface area contributed by atoms with Gasteiger partial charge in [-0.2, -0.15) is 0 Å². The van der Waals surface area contributed by atoms with Crippen LogP contribution in [0.5, 0.6) is 0 Å². The predicted octanol–water partition coefficient (Wildman–Crippen LogP) is 0.681. The molecule has 0 saturated carbocycles. The van der Waals surface area contributed by atoms with E-state index in [0.29, 0.717) is 11.9 Å². The average Bonchev–Trinajstić information content (AvgIpc) is 2.53. The van der Waals surface area contributed by atoms with Gasteiger partial charge in [0.2, 0.25) is 5.91 Å². The first-order valence-corrected chi connectivity index (χ1v) is 6.91. The van der Waals surface area contributed by atoms with E-state index in [1.807, 2.05) is 6.92 Å². The molecule has 0 aromatic heterocycles. The van der Waals surface area contributed by atoms with Crippen molar-refractivity contribution in [3.8, 4) is 0 Å². The van der Waals surface area contributed by atoms with Gasteiger partial charge < -0.3 is 10.2 Å². The summed E-state index contributed by atoms with van der Waals surface area (Å²) >= 11 is 0. The van der Waals surface area contributed by atoms with Gasteiger partial charge in [-0.3, -0.25) is 9.69 Å². The maximum atomic E-state index is 12.4. The fourth-order valence-electron chi connectivity index (χ4n) is 2.61. The maximum Gasteiger partial charge on any atom is 0.239 e. The molecule has 17 heavy (non-hydrogen) atoms. The number of nitrogens with one attached hydrogen (secondary N) is 1. The van der Waals surface area contributed by atoms with Crippen molar-refractivity contribution in [2.24, 2.45) is 0 Å². The van der Waals surface area contributed by atoms with Gasteiger partial charge in [0, 0.05) is 32.2 Å². The van der Waals surface area contributed by atoms with E-state index in [-0.39, 0.29) is 6.04 Å². The first kappa shape index (κ1) is 12.8. The fourth-order valence-corrected chi connectivity index (χ4v) is 2.61. The summed E-state index contributed by atoms with van der Waals surface area (Å²) in [7, 11) is 2.08. The highest BCUT2D eigenvalue weighted by Crippen LogP contribution is 2.14. The second-order valence-corrected chi connectivity index (χ2v) is 5.39. The molecule has 0 radical (unpaired) electrons. The largest absolute Gasteiger partial charge is 0.341 e. The molecule has 0 aromatic rings. The summed E-state index contributed by atoms with van der Waals surface area (Å²) in [5, 5.41) is 3.26. The lowest BCUT2D eigenvalue weighted by Gasteiger charge is -2.40. The first-order chi connectivity index (χ1) is 8.20. The summed E-state index contributed by atoms with van der Waals surface area (Å²) < 4.78 is 0. The van der Waals surface area contributed by atoms with Gasteiger partial charge in [-0.25, -0.2) is 0 Å². The summed E-state index contributed by atoms with van der Waals surface area (Å²) in [6.07, 6.45) is 4.90. The van der Waals surface area contributed by atoms with E-state index in [2.05, 4.69) is 22.2 Å². The van der Waals surface area contributed by atoms with E-state index in [0.717, 1.165) is 26.2 Å². The van der Waals surface area contributed by atoms with Crippen molar-refractivity contribution in [1.29, 1.82) is 0 Å². The molecule has 1 atom stereocenters. The number of likely N-dealkylation sites (N-methyl/N-ethyl adjacent to an activating group) is 1. The number of amides is 1. The minimum absolute atomic E-state index is 0.0280. The predicted molar refractivity (Wildman–Crippen MR) is 68.9 cm³/mol. The van der Waals surface area contributed by atoms with Gasteiger partial charge in [0.05, 0.1) is 6.04 Å². The standard InChI is InChI=1S/C13H25N3O/c1-11(15(2)12-9-14-10-12)13(17)16-7-5-3-4-6-8-16/h11-12,14H,3-10H2,1-2H3. The molecule has 0 aromatic carbocycles. The third kappa shape index (κ3) is 2.99. The highest BCUT2D eigenvalue weighted by molar-refractivity contribution is 5.81. The molecule has 2 saturated heterocycles. The third-order valence-electron chi connectivity index (χ3n) is 4.22. The van der Waals surface area contributed by atoms with Crippen molar-refractivity contribution in [3.05, 3.63) is 0 Å². The quantitative estimate of drug-likeness (QED) is 0.787. The number of hydrogen-bond donors (Lipinski definition) is 1. The Hall–Kier alpha value is -0.610. The first-order valence-electron chi connectivity index (χ1n) is 6.91. The van der Waals surface area contributed by atoms with Gasteiger partial charge in [-0.05, 0) is 26.8 Å². The van der Waals surface area contributed by atoms with Gasteiger partial charge in [-0.1, -0.05) is 12.8 Å². The molecule has 0 bridgehead atoms. The molecule has 0 spiro atoms. The highest BCUT2D eigenvalue weighted by atomic mass is 16.2. The van der Waals surface area contributed by atoms with Crippen LogP contribution in [0, 0.1) is 0 Å². The third-order valence-corrected chi connectivity index (χ3v) is 4.22. The van der Waals surface area contributed by atoms with Crippen LogP contribution in [0.4, 0.5) is 0 Å². The highest BCUT2D eigenvalue weighted by Gasteiger charge is 2.31. The molecular formula is C13H25N3O. The minimum Gasteiger partial charge on any atom is -0.341 e. The van der Waals surface area contributed by atoms with Gasteiger partial charge >= 0.3 is 0 Å². The van der Waals surface area contributed by atoms with Gasteiger partial charge in [-0.15, -0.1) is 0 Å². The second-order valence-electron chi connectivity index (χ2n) is 5.39. The zero-order valence-electron chi connectivity index (χ0n) is 11.1. The Bertz CT molecular complexity index is 257. The SMILES string of the molecule is CC(C(=O)N1CCCCCC1)N(C)C1CNC1. The van der Waals surface area contributed by atoms with Crippen molar-refractivity contribution < 1.29 is 4.79 Å². The molecule has 4 heteroatoms. The molecule has 2 fully saturated rings. The molecule has 0 aliphatic carbocycles. The van der Waals surface area contributed by atoms with Crippen molar-refractivity contribution >= 4 is 5.91 Å². The molecule has 2 rings (SSSR count). The van der Waals surface area contributed by atoms with E-state index < -0.39 is 0 Å². The molecule has 1 amide bonds. The number of rotatable bonds is 3. The summed E-state index contributed by atoms with van der Waals surface area (Å²) in [6.45, 7) is 6.01. The lowest BCUT2D eigenvalue weighted by molar-refractivity contribution is -0.137. The van der Waals surface area contributed by atoms with Crippen LogP contribution in [-0.4, -0.2) is 61.0 Å². The lowest BCUT2D eigenvalue weighted by atomic mass is 10.1. The van der Waals surface area contributed by atoms with Gasteiger partial charge in [0.1, 0.15) is 0 Å². The number of carbonyl (C=O) groups is 1. The van der Waals surface area contributed by atoms with Crippen LogP contribution in [0.2, 0.25) is 0 Å². The Kier molecular flexibility index (Phi) is 4.40. The van der Waals surface area contributed by atoms with Crippen LogP contribution in [-0.2, 0) is 4.79 Å². The fraction of sp³-hybridized carbons (Fsp3) is 0.923. The summed E-state index contributed by atoms with van der Waals surface area (Å²) in [5.74, 6) is 0.321. The second kappa shape index (κ2) is 5.83. The summed E-state index contributed by atoms with van der Waals surface area (Å²) in [6, 6.07) is 0.570. The Morgan fingerprint density at radius 2 is 1.82 bits per heavy atom. The van der Waals surface area contributed by atoms with E-state index in [1.165, 1.54) is 25.7 Å². The molecule has 1 unspecified atom stereocenters. The molecular weight excluding hydrogens is 214 g/mol. The molecule has 1 N–H and O–H groups in total. The molecule has 4 nitrogen and oxygen atoms in total. The van der Waals surface area contributed by atoms with Crippen LogP contribution in [0.25, 0.3) is 0 Å². The van der Waals surface area contributed by atoms with E-state index in [1.54, 1.807) is 0 Å². The minimum atomic E-state index is 0.0280. The molecule has 2 heterocycles. The number of nitrogens with zero attached hydrogens (tertiary/aromatic N) is 2. The zero-order chi connectivity index (χ0) is 12.3. The van der Waals surface area contributed by atoms with Crippen molar-refractivity contribution in [1.82, 2.24) is 15.1 Å². The van der Waals surface area contributed by atoms with Crippen molar-refractivity contribution in [3.63, 3.8) is 0 Å². The summed E-state index contributed by atoms with van der Waals surface area (Å²) in [5.41, 5.74) is 0. The molecule has 2 aliphatic rings. The Labute approximate surface area is 104 Å². The van der Waals surface area contributed by atoms with Gasteiger partial charge in [0.15, 0.2) is 0 Å². The van der Waals surface area contributed by atoms with Crippen LogP contribution >= 0.6 is 0 Å². The zero-order valence-corrected chi connectivity index (χ0v) is 11.1. The summed E-state index contributed by atoms with van der Waals surface area (Å²) in [4.78, 5) is 16.7. The van der Waals surface area contributed by atoms with Crippen molar-refractivity contribution in [2.45, 2.75) is 44.7 Å². The number of likely N-dealkylation sites (tertiary alicyclic amines) is 1. The smallest absolute Gasteiger partial charge is 0.239 e. The van der Waals surface area contributed by atoms with E-state index >= 15 is 0 Å². The Morgan fingerprint density at radius 3 is 2.29 bits per heavy atom. The van der Waals surface area contributed by atoms with Crippen LogP contribution in [0.15, 0.2) is 0 Å². The van der Waals surface area contributed by atoms with Crippen LogP contribution in [0.3, 0.4) is 0 Å². The topological polar surface area (TPSA) is 35.6 Å². The van der Waals surface area contributed by atoms with E-state index in [9.17, 15) is 4.79 Å². The maximum absolute atomic E-state index is 12.4. The normalized spacial score (nSPS) is 24.3. The van der Waals surface area contributed by atoms with Gasteiger partial charge in [0.25, 0.3) is 0 Å². The van der Waals surface area contributed by atoms with Crippen LogP contribution in [0.1, 0.15) is 32.6 Å². The molecule has 98 valence electrons. The molecule has 2 aliphatic heterocycles. The Balaban J connectivity index is 1.88. The monoisotopic (exact) mass is 239 g/mol. The van der Waals surface area contributed by atoms with E-state index in [4.69, 9.17) is 0 Å². The van der Waals surface area contributed by atoms with Crippen LogP contribution < -0.4 is 5.32 Å². The number of carbonyl (C=O) groups excluding carboxylic acids is 1. The Morgan fingerprint density at radius 1 is 1.24 bits per heavy atom. The van der Waals surface area contributed by atoms with Crippen molar-refractivity contribution in [2.75, 3.05) is 33.2 Å². The average molecular weight is 239 g/mol. The number of hydrogen-bond acceptors (Lipinski definition) is 3. The lowest BCUT2D eigenvalue weighted by Crippen LogP contribution is -2.60.